The largest absolute Gasteiger partial charge is 0.378 e. The Bertz CT molecular complexity index is 204. The molecule has 0 bridgehead atoms. The van der Waals surface area contributed by atoms with Gasteiger partial charge in [0.1, 0.15) is 0 Å². The second-order valence-corrected chi connectivity index (χ2v) is 5.75. The Hall–Kier alpha value is -0.120. The average molecular weight is 240 g/mol. The van der Waals surface area contributed by atoms with Crippen molar-refractivity contribution in [3.63, 3.8) is 0 Å². The average Bonchev–Trinajstić information content (AvgIpc) is 2.36. The second kappa shape index (κ2) is 7.34. The minimum Gasteiger partial charge on any atom is -0.378 e. The summed E-state index contributed by atoms with van der Waals surface area (Å²) in [6.07, 6.45) is 8.39. The first kappa shape index (κ1) is 13.3. The van der Waals surface area contributed by atoms with Crippen LogP contribution in [-0.4, -0.2) is 50.8 Å². The summed E-state index contributed by atoms with van der Waals surface area (Å²) in [6, 6.07) is 0. The Morgan fingerprint density at radius 3 is 2.94 bits per heavy atom. The molecule has 0 spiro atoms. The van der Waals surface area contributed by atoms with Crippen molar-refractivity contribution in [1.82, 2.24) is 10.2 Å². The molecule has 0 aliphatic carbocycles. The van der Waals surface area contributed by atoms with Crippen molar-refractivity contribution in [1.29, 1.82) is 0 Å². The molecule has 1 N–H and O–H groups in total. The molecule has 0 saturated carbocycles. The van der Waals surface area contributed by atoms with Gasteiger partial charge in [-0.25, -0.2) is 0 Å². The molecule has 0 amide bonds. The fraction of sp³-hybridized carbons (Fsp3) is 1.00. The van der Waals surface area contributed by atoms with Crippen molar-refractivity contribution < 1.29 is 4.74 Å². The van der Waals surface area contributed by atoms with Crippen molar-refractivity contribution in [3.05, 3.63) is 0 Å². The maximum Gasteiger partial charge on any atom is 0.0587 e. The molecule has 2 aliphatic heterocycles. The van der Waals surface area contributed by atoms with Crippen LogP contribution in [0, 0.1) is 5.92 Å². The van der Waals surface area contributed by atoms with E-state index in [-0.39, 0.29) is 0 Å². The van der Waals surface area contributed by atoms with Crippen LogP contribution in [0.1, 0.15) is 38.5 Å². The number of rotatable bonds is 5. The zero-order chi connectivity index (χ0) is 11.9. The van der Waals surface area contributed by atoms with Gasteiger partial charge in [0.25, 0.3) is 0 Å². The molecule has 0 radical (unpaired) electrons. The van der Waals surface area contributed by atoms with Crippen LogP contribution >= 0.6 is 0 Å². The summed E-state index contributed by atoms with van der Waals surface area (Å²) in [6.45, 7) is 5.86. The molecule has 3 heteroatoms. The quantitative estimate of drug-likeness (QED) is 0.743. The Morgan fingerprint density at radius 1 is 1.24 bits per heavy atom. The van der Waals surface area contributed by atoms with Crippen LogP contribution in [0.2, 0.25) is 0 Å². The number of nitrogens with zero attached hydrogens (tertiary/aromatic N) is 1. The first-order chi connectivity index (χ1) is 8.34. The Morgan fingerprint density at radius 2 is 2.18 bits per heavy atom. The van der Waals surface area contributed by atoms with Gasteiger partial charge in [-0.2, -0.15) is 0 Å². The number of ether oxygens (including phenoxy) is 1. The van der Waals surface area contributed by atoms with Gasteiger partial charge in [-0.05, 0) is 71.1 Å². The summed E-state index contributed by atoms with van der Waals surface area (Å²) < 4.78 is 5.74. The number of piperidine rings is 1. The molecule has 3 nitrogen and oxygen atoms in total. The fourth-order valence-electron chi connectivity index (χ4n) is 3.04. The lowest BCUT2D eigenvalue weighted by molar-refractivity contribution is 0.0113. The Kier molecular flexibility index (Phi) is 5.75. The van der Waals surface area contributed by atoms with Crippen LogP contribution in [0.3, 0.4) is 0 Å². The van der Waals surface area contributed by atoms with E-state index in [0.29, 0.717) is 6.10 Å². The highest BCUT2D eigenvalue weighted by Crippen LogP contribution is 2.16. The molecule has 2 rings (SSSR count). The second-order valence-electron chi connectivity index (χ2n) is 5.75. The van der Waals surface area contributed by atoms with E-state index in [1.165, 1.54) is 58.2 Å². The summed E-state index contributed by atoms with van der Waals surface area (Å²) in [5, 5.41) is 3.62. The Balaban J connectivity index is 1.50. The van der Waals surface area contributed by atoms with Crippen LogP contribution in [0.15, 0.2) is 0 Å². The molecule has 2 aliphatic rings. The first-order valence-electron chi connectivity index (χ1n) is 7.35. The van der Waals surface area contributed by atoms with Crippen molar-refractivity contribution in [2.24, 2.45) is 5.92 Å². The van der Waals surface area contributed by atoms with E-state index in [1.807, 2.05) is 0 Å². The molecular weight excluding hydrogens is 212 g/mol. The van der Waals surface area contributed by atoms with Gasteiger partial charge in [0.2, 0.25) is 0 Å². The van der Waals surface area contributed by atoms with Crippen molar-refractivity contribution >= 4 is 0 Å². The van der Waals surface area contributed by atoms with Crippen molar-refractivity contribution in [2.45, 2.75) is 44.6 Å². The minimum atomic E-state index is 0.533. The van der Waals surface area contributed by atoms with Gasteiger partial charge < -0.3 is 15.0 Å². The van der Waals surface area contributed by atoms with Gasteiger partial charge in [0, 0.05) is 13.2 Å². The number of hydrogen-bond acceptors (Lipinski definition) is 3. The maximum atomic E-state index is 5.74. The zero-order valence-corrected chi connectivity index (χ0v) is 11.3. The van der Waals surface area contributed by atoms with E-state index < -0.39 is 0 Å². The standard InChI is InChI=1S/C14H28N2O/c1-16-9-4-5-13(12-16)11-15-8-7-14-6-2-3-10-17-14/h13-15H,2-12H2,1H3. The molecule has 100 valence electrons. The highest BCUT2D eigenvalue weighted by Gasteiger charge is 2.17. The third kappa shape index (κ3) is 4.94. The molecule has 2 atom stereocenters. The number of nitrogens with one attached hydrogen (secondary N) is 1. The normalized spacial score (nSPS) is 31.6. The van der Waals surface area contributed by atoms with E-state index in [9.17, 15) is 0 Å². The lowest BCUT2D eigenvalue weighted by Crippen LogP contribution is -2.38. The SMILES string of the molecule is CN1CCCC(CNCCC2CCCCO2)C1. The van der Waals surface area contributed by atoms with Gasteiger partial charge in [-0.3, -0.25) is 0 Å². The predicted molar refractivity (Wildman–Crippen MR) is 71.3 cm³/mol. The van der Waals surface area contributed by atoms with E-state index in [4.69, 9.17) is 4.74 Å². The molecule has 0 aromatic carbocycles. The lowest BCUT2D eigenvalue weighted by atomic mass is 9.98. The van der Waals surface area contributed by atoms with Gasteiger partial charge >= 0.3 is 0 Å². The topological polar surface area (TPSA) is 24.5 Å². The van der Waals surface area contributed by atoms with Crippen LogP contribution < -0.4 is 5.32 Å². The maximum absolute atomic E-state index is 5.74. The molecule has 0 aromatic heterocycles. The summed E-state index contributed by atoms with van der Waals surface area (Å²) in [5.74, 6) is 0.862. The minimum absolute atomic E-state index is 0.533. The highest BCUT2D eigenvalue weighted by molar-refractivity contribution is 4.73. The lowest BCUT2D eigenvalue weighted by Gasteiger charge is -2.30. The molecule has 2 heterocycles. The fourth-order valence-corrected chi connectivity index (χ4v) is 3.04. The van der Waals surface area contributed by atoms with Crippen LogP contribution in [0.4, 0.5) is 0 Å². The van der Waals surface area contributed by atoms with E-state index >= 15 is 0 Å². The van der Waals surface area contributed by atoms with Gasteiger partial charge in [-0.1, -0.05) is 0 Å². The monoisotopic (exact) mass is 240 g/mol. The van der Waals surface area contributed by atoms with Gasteiger partial charge in [0.05, 0.1) is 6.10 Å². The number of hydrogen-bond donors (Lipinski definition) is 1. The van der Waals surface area contributed by atoms with E-state index in [1.54, 1.807) is 0 Å². The predicted octanol–water partition coefficient (Wildman–Crippen LogP) is 1.88. The zero-order valence-electron chi connectivity index (χ0n) is 11.3. The molecular formula is C14H28N2O. The summed E-state index contributed by atoms with van der Waals surface area (Å²) in [4.78, 5) is 2.46. The summed E-state index contributed by atoms with van der Waals surface area (Å²) in [7, 11) is 2.24. The smallest absolute Gasteiger partial charge is 0.0587 e. The third-order valence-corrected chi connectivity index (χ3v) is 4.07. The number of likely N-dealkylation sites (tertiary alicyclic amines) is 1. The van der Waals surface area contributed by atoms with E-state index in [0.717, 1.165) is 19.1 Å². The Labute approximate surface area is 106 Å². The third-order valence-electron chi connectivity index (χ3n) is 4.07. The van der Waals surface area contributed by atoms with Crippen molar-refractivity contribution in [2.75, 3.05) is 39.8 Å². The molecule has 2 unspecified atom stereocenters. The molecule has 17 heavy (non-hydrogen) atoms. The van der Waals surface area contributed by atoms with Crippen LogP contribution in [0.5, 0.6) is 0 Å². The molecule has 2 fully saturated rings. The molecule has 2 saturated heterocycles. The molecule has 0 aromatic rings. The van der Waals surface area contributed by atoms with Crippen LogP contribution in [-0.2, 0) is 4.74 Å². The highest BCUT2D eigenvalue weighted by atomic mass is 16.5. The summed E-state index contributed by atoms with van der Waals surface area (Å²) >= 11 is 0. The summed E-state index contributed by atoms with van der Waals surface area (Å²) in [5.41, 5.74) is 0. The van der Waals surface area contributed by atoms with Gasteiger partial charge in [-0.15, -0.1) is 0 Å². The van der Waals surface area contributed by atoms with E-state index in [2.05, 4.69) is 17.3 Å². The van der Waals surface area contributed by atoms with Crippen molar-refractivity contribution in [3.8, 4) is 0 Å². The van der Waals surface area contributed by atoms with Crippen LogP contribution in [0.25, 0.3) is 0 Å². The van der Waals surface area contributed by atoms with Gasteiger partial charge in [0.15, 0.2) is 0 Å². The first-order valence-corrected chi connectivity index (χ1v) is 7.35.